The van der Waals surface area contributed by atoms with Crippen molar-refractivity contribution in [1.82, 2.24) is 10.2 Å². The number of carbonyl (C=O) groups is 1. The SMILES string of the molecule is C/C(=C(/C#N)C(=O)NC(C)(C)CCO)c1ccc(NCCN2CCOCC2)cc1. The van der Waals surface area contributed by atoms with Crippen LogP contribution >= 0.6 is 0 Å². The Balaban J connectivity index is 1.98. The van der Waals surface area contributed by atoms with Crippen molar-refractivity contribution in [2.75, 3.05) is 51.3 Å². The number of amides is 1. The number of morpholine rings is 1. The number of nitriles is 1. The van der Waals surface area contributed by atoms with Crippen LogP contribution in [-0.2, 0) is 9.53 Å². The maximum absolute atomic E-state index is 12.5. The second-order valence-electron chi connectivity index (χ2n) is 7.88. The van der Waals surface area contributed by atoms with Crippen LogP contribution in [0.15, 0.2) is 29.8 Å². The summed E-state index contributed by atoms with van der Waals surface area (Å²) in [6, 6.07) is 9.77. The van der Waals surface area contributed by atoms with Gasteiger partial charge in [-0.15, -0.1) is 0 Å². The zero-order valence-corrected chi connectivity index (χ0v) is 17.6. The van der Waals surface area contributed by atoms with Crippen molar-refractivity contribution in [2.45, 2.75) is 32.7 Å². The predicted octanol–water partition coefficient (Wildman–Crippen LogP) is 2.00. The minimum Gasteiger partial charge on any atom is -0.396 e. The molecule has 158 valence electrons. The van der Waals surface area contributed by atoms with Gasteiger partial charge < -0.3 is 20.5 Å². The van der Waals surface area contributed by atoms with Crippen molar-refractivity contribution in [2.24, 2.45) is 0 Å². The number of ether oxygens (including phenoxy) is 1. The van der Waals surface area contributed by atoms with Crippen LogP contribution in [0.3, 0.4) is 0 Å². The van der Waals surface area contributed by atoms with Gasteiger partial charge in [0.15, 0.2) is 0 Å². The lowest BCUT2D eigenvalue weighted by Gasteiger charge is -2.26. The number of nitrogens with zero attached hydrogens (tertiary/aromatic N) is 2. The Kier molecular flexibility index (Phi) is 8.65. The van der Waals surface area contributed by atoms with Gasteiger partial charge in [0.25, 0.3) is 5.91 Å². The Bertz CT molecular complexity index is 744. The fraction of sp³-hybridized carbons (Fsp3) is 0.545. The highest BCUT2D eigenvalue weighted by molar-refractivity contribution is 6.04. The average Bonchev–Trinajstić information content (AvgIpc) is 2.69. The van der Waals surface area contributed by atoms with Crippen molar-refractivity contribution in [3.63, 3.8) is 0 Å². The molecule has 0 atom stereocenters. The molecule has 1 aliphatic rings. The van der Waals surface area contributed by atoms with Gasteiger partial charge >= 0.3 is 0 Å². The van der Waals surface area contributed by atoms with Crippen LogP contribution in [0.2, 0.25) is 0 Å². The highest BCUT2D eigenvalue weighted by Gasteiger charge is 2.23. The van der Waals surface area contributed by atoms with Crippen molar-refractivity contribution in [3.8, 4) is 6.07 Å². The molecule has 1 saturated heterocycles. The number of aliphatic hydroxyl groups excluding tert-OH is 1. The summed E-state index contributed by atoms with van der Waals surface area (Å²) < 4.78 is 5.36. The molecule has 0 radical (unpaired) electrons. The zero-order chi connectivity index (χ0) is 21.3. The van der Waals surface area contributed by atoms with Gasteiger partial charge in [-0.1, -0.05) is 12.1 Å². The molecular weight excluding hydrogens is 368 g/mol. The lowest BCUT2D eigenvalue weighted by Crippen LogP contribution is -2.44. The Labute approximate surface area is 173 Å². The monoisotopic (exact) mass is 400 g/mol. The molecule has 0 saturated carbocycles. The molecule has 7 nitrogen and oxygen atoms in total. The fourth-order valence-corrected chi connectivity index (χ4v) is 3.18. The van der Waals surface area contributed by atoms with E-state index in [1.54, 1.807) is 6.92 Å². The molecule has 0 spiro atoms. The summed E-state index contributed by atoms with van der Waals surface area (Å²) in [6.07, 6.45) is 0.418. The van der Waals surface area contributed by atoms with Crippen molar-refractivity contribution >= 4 is 17.2 Å². The predicted molar refractivity (Wildman–Crippen MR) is 114 cm³/mol. The van der Waals surface area contributed by atoms with Crippen molar-refractivity contribution < 1.29 is 14.6 Å². The molecule has 1 aliphatic heterocycles. The highest BCUT2D eigenvalue weighted by Crippen LogP contribution is 2.21. The smallest absolute Gasteiger partial charge is 0.262 e. The van der Waals surface area contributed by atoms with Crippen LogP contribution in [0.25, 0.3) is 5.57 Å². The molecule has 1 heterocycles. The van der Waals surface area contributed by atoms with E-state index in [1.165, 1.54) is 0 Å². The number of hydrogen-bond acceptors (Lipinski definition) is 6. The second-order valence-corrected chi connectivity index (χ2v) is 7.88. The van der Waals surface area contributed by atoms with E-state index in [2.05, 4.69) is 15.5 Å². The Hall–Kier alpha value is -2.40. The van der Waals surface area contributed by atoms with Gasteiger partial charge in [-0.25, -0.2) is 0 Å². The number of rotatable bonds is 9. The highest BCUT2D eigenvalue weighted by atomic mass is 16.5. The van der Waals surface area contributed by atoms with Gasteiger partial charge in [-0.2, -0.15) is 5.26 Å². The number of carbonyl (C=O) groups excluding carboxylic acids is 1. The lowest BCUT2D eigenvalue weighted by molar-refractivity contribution is -0.118. The van der Waals surface area contributed by atoms with Crippen molar-refractivity contribution in [1.29, 1.82) is 5.26 Å². The number of allylic oxidation sites excluding steroid dienone is 1. The van der Waals surface area contributed by atoms with E-state index < -0.39 is 11.4 Å². The van der Waals surface area contributed by atoms with Crippen LogP contribution in [0.1, 0.15) is 32.8 Å². The summed E-state index contributed by atoms with van der Waals surface area (Å²) in [5.74, 6) is -0.420. The molecule has 0 unspecified atom stereocenters. The molecule has 2 rings (SSSR count). The Morgan fingerprint density at radius 3 is 2.52 bits per heavy atom. The molecule has 1 aromatic rings. The van der Waals surface area contributed by atoms with Crippen LogP contribution in [0, 0.1) is 11.3 Å². The molecule has 0 bridgehead atoms. The third kappa shape index (κ3) is 7.17. The summed E-state index contributed by atoms with van der Waals surface area (Å²) in [6.45, 7) is 10.7. The van der Waals surface area contributed by atoms with E-state index in [1.807, 2.05) is 44.2 Å². The first-order chi connectivity index (χ1) is 13.9. The minimum atomic E-state index is -0.581. The number of aliphatic hydroxyl groups is 1. The number of benzene rings is 1. The van der Waals surface area contributed by atoms with E-state index in [-0.39, 0.29) is 12.2 Å². The Morgan fingerprint density at radius 2 is 1.93 bits per heavy atom. The normalized spacial score (nSPS) is 16.0. The molecule has 1 amide bonds. The Morgan fingerprint density at radius 1 is 1.28 bits per heavy atom. The first-order valence-electron chi connectivity index (χ1n) is 10.0. The van der Waals surface area contributed by atoms with E-state index >= 15 is 0 Å². The minimum absolute atomic E-state index is 0.0299. The van der Waals surface area contributed by atoms with Crippen LogP contribution in [0.5, 0.6) is 0 Å². The van der Waals surface area contributed by atoms with Gasteiger partial charge in [0.2, 0.25) is 0 Å². The van der Waals surface area contributed by atoms with Crippen molar-refractivity contribution in [3.05, 3.63) is 35.4 Å². The van der Waals surface area contributed by atoms with E-state index in [0.717, 1.165) is 50.6 Å². The maximum atomic E-state index is 12.5. The molecular formula is C22H32N4O3. The van der Waals surface area contributed by atoms with Gasteiger partial charge in [0, 0.05) is 44.0 Å². The average molecular weight is 401 g/mol. The number of hydrogen-bond donors (Lipinski definition) is 3. The van der Waals surface area contributed by atoms with E-state index in [4.69, 9.17) is 9.84 Å². The molecule has 1 fully saturated rings. The van der Waals surface area contributed by atoms with E-state index in [9.17, 15) is 10.1 Å². The standard InChI is InChI=1S/C22H32N4O3/c1-17(20(16-23)21(28)25-22(2,3)8-13-27)18-4-6-19(7-5-18)24-9-10-26-11-14-29-15-12-26/h4-7,24,27H,8-15H2,1-3H3,(H,25,28)/b20-17+. The van der Waals surface area contributed by atoms with Gasteiger partial charge in [0.1, 0.15) is 11.6 Å². The third-order valence-corrected chi connectivity index (χ3v) is 5.08. The lowest BCUT2D eigenvalue weighted by atomic mass is 9.98. The summed E-state index contributed by atoms with van der Waals surface area (Å²) in [5.41, 5.74) is 1.97. The maximum Gasteiger partial charge on any atom is 0.262 e. The summed E-state index contributed by atoms with van der Waals surface area (Å²) >= 11 is 0. The second kappa shape index (κ2) is 11.0. The molecule has 0 aliphatic carbocycles. The van der Waals surface area contributed by atoms with E-state index in [0.29, 0.717) is 12.0 Å². The summed E-state index contributed by atoms with van der Waals surface area (Å²) in [7, 11) is 0. The third-order valence-electron chi connectivity index (χ3n) is 5.08. The van der Waals surface area contributed by atoms with Gasteiger partial charge in [-0.05, 0) is 50.5 Å². The van der Waals surface area contributed by atoms with Gasteiger partial charge in [-0.3, -0.25) is 9.69 Å². The molecule has 0 aromatic heterocycles. The topological polar surface area (TPSA) is 97.6 Å². The quantitative estimate of drug-likeness (QED) is 0.433. The molecule has 1 aromatic carbocycles. The van der Waals surface area contributed by atoms with Crippen LogP contribution in [0.4, 0.5) is 5.69 Å². The first kappa shape index (κ1) is 22.9. The largest absolute Gasteiger partial charge is 0.396 e. The molecule has 3 N–H and O–H groups in total. The first-order valence-corrected chi connectivity index (χ1v) is 10.0. The fourth-order valence-electron chi connectivity index (χ4n) is 3.18. The summed E-state index contributed by atoms with van der Waals surface area (Å²) in [4.78, 5) is 14.9. The molecule has 29 heavy (non-hydrogen) atoms. The molecule has 7 heteroatoms. The summed E-state index contributed by atoms with van der Waals surface area (Å²) in [5, 5.41) is 24.8. The number of nitrogens with one attached hydrogen (secondary N) is 2. The zero-order valence-electron chi connectivity index (χ0n) is 17.6. The van der Waals surface area contributed by atoms with Gasteiger partial charge in [0.05, 0.1) is 13.2 Å². The van der Waals surface area contributed by atoms with Crippen LogP contribution < -0.4 is 10.6 Å². The number of anilines is 1. The van der Waals surface area contributed by atoms with Crippen LogP contribution in [-0.4, -0.2) is 67.5 Å².